The van der Waals surface area contributed by atoms with Crippen LogP contribution in [0.25, 0.3) is 16.7 Å². The molecule has 2 heterocycles. The first-order valence-corrected chi connectivity index (χ1v) is 12.4. The maximum Gasteiger partial charge on any atom is 0.263 e. The molecule has 10 heteroatoms. The molecule has 0 atom stereocenters. The molecule has 10 nitrogen and oxygen atoms in total. The number of nitrogens with one attached hydrogen (secondary N) is 1. The van der Waals surface area contributed by atoms with Crippen LogP contribution in [0.5, 0.6) is 17.2 Å². The Morgan fingerprint density at radius 3 is 2.28 bits per heavy atom. The highest BCUT2D eigenvalue weighted by Crippen LogP contribution is 2.40. The molecule has 0 unspecified atom stereocenters. The topological polar surface area (TPSA) is 109 Å². The number of hydrogen-bond donors (Lipinski definition) is 1. The lowest BCUT2D eigenvalue weighted by atomic mass is 10.1. The van der Waals surface area contributed by atoms with Crippen LogP contribution >= 0.6 is 0 Å². The minimum absolute atomic E-state index is 0.141. The fraction of sp³-hybridized carbons (Fsp3) is 0.241. The van der Waals surface area contributed by atoms with E-state index in [1.54, 1.807) is 22.8 Å². The molecule has 0 spiro atoms. The number of methoxy groups -OCH3 is 3. The summed E-state index contributed by atoms with van der Waals surface area (Å²) in [4.78, 5) is 26.3. The zero-order valence-corrected chi connectivity index (χ0v) is 22.2. The van der Waals surface area contributed by atoms with Gasteiger partial charge in [0.05, 0.1) is 38.8 Å². The van der Waals surface area contributed by atoms with Crippen LogP contribution in [0.2, 0.25) is 0 Å². The quantitative estimate of drug-likeness (QED) is 0.309. The lowest BCUT2D eigenvalue weighted by Gasteiger charge is -2.14. The Hall–Kier alpha value is -4.86. The predicted molar refractivity (Wildman–Crippen MR) is 148 cm³/mol. The van der Waals surface area contributed by atoms with Gasteiger partial charge in [0, 0.05) is 30.7 Å². The van der Waals surface area contributed by atoms with E-state index in [1.165, 1.54) is 21.3 Å². The highest BCUT2D eigenvalue weighted by molar-refractivity contribution is 5.91. The molecule has 200 valence electrons. The normalized spacial score (nSPS) is 11.1. The maximum atomic E-state index is 13.4. The number of amides is 1. The number of hydrogen-bond acceptors (Lipinski definition) is 7. The van der Waals surface area contributed by atoms with Gasteiger partial charge >= 0.3 is 0 Å². The summed E-state index contributed by atoms with van der Waals surface area (Å²) in [6.45, 7) is 2.37. The number of para-hydroxylation sites is 1. The standard InChI is InChI=1S/C29H29N5O5/c1-18-9-11-19(12-10-18)17-33-28(36)21-7-5-6-8-22(21)34-25(31-32-29(33)34)13-14-26(35)30-20-15-23(37-2)27(39-4)24(16-20)38-3/h5-12,15-16H,13-14,17H2,1-4H3,(H,30,35). The Morgan fingerprint density at radius 2 is 1.62 bits per heavy atom. The van der Waals surface area contributed by atoms with E-state index in [2.05, 4.69) is 15.5 Å². The van der Waals surface area contributed by atoms with Gasteiger partial charge in [-0.25, -0.2) is 0 Å². The second kappa shape index (κ2) is 10.9. The van der Waals surface area contributed by atoms with Gasteiger partial charge in [-0.15, -0.1) is 10.2 Å². The van der Waals surface area contributed by atoms with Gasteiger partial charge in [-0.1, -0.05) is 42.0 Å². The van der Waals surface area contributed by atoms with Crippen molar-refractivity contribution < 1.29 is 19.0 Å². The Balaban J connectivity index is 1.44. The zero-order chi connectivity index (χ0) is 27.5. The zero-order valence-electron chi connectivity index (χ0n) is 22.2. The van der Waals surface area contributed by atoms with Crippen LogP contribution in [0.3, 0.4) is 0 Å². The van der Waals surface area contributed by atoms with Crippen LogP contribution in [-0.2, 0) is 17.8 Å². The molecule has 39 heavy (non-hydrogen) atoms. The van der Waals surface area contributed by atoms with E-state index in [4.69, 9.17) is 14.2 Å². The van der Waals surface area contributed by atoms with Gasteiger partial charge in [0.15, 0.2) is 11.5 Å². The molecule has 0 aliphatic heterocycles. The molecule has 2 aromatic heterocycles. The molecule has 0 aliphatic rings. The lowest BCUT2D eigenvalue weighted by Crippen LogP contribution is -2.24. The molecule has 0 fully saturated rings. The van der Waals surface area contributed by atoms with E-state index in [-0.39, 0.29) is 17.9 Å². The third-order valence-electron chi connectivity index (χ3n) is 6.56. The Labute approximate surface area is 224 Å². The second-order valence-corrected chi connectivity index (χ2v) is 9.11. The molecule has 0 saturated heterocycles. The van der Waals surface area contributed by atoms with E-state index in [0.29, 0.717) is 58.4 Å². The van der Waals surface area contributed by atoms with Crippen molar-refractivity contribution in [3.05, 3.63) is 88.0 Å². The fourth-order valence-electron chi connectivity index (χ4n) is 4.60. The van der Waals surface area contributed by atoms with Gasteiger partial charge in [0.2, 0.25) is 17.4 Å². The fourth-order valence-corrected chi connectivity index (χ4v) is 4.60. The molecule has 0 aliphatic carbocycles. The number of carbonyl (C=O) groups excluding carboxylic acids is 1. The number of nitrogens with zero attached hydrogens (tertiary/aromatic N) is 4. The van der Waals surface area contributed by atoms with Gasteiger partial charge in [-0.05, 0) is 24.6 Å². The van der Waals surface area contributed by atoms with Crippen molar-refractivity contribution in [3.8, 4) is 17.2 Å². The predicted octanol–water partition coefficient (Wildman–Crippen LogP) is 4.00. The van der Waals surface area contributed by atoms with Crippen LogP contribution in [0.15, 0.2) is 65.5 Å². The van der Waals surface area contributed by atoms with Crippen molar-refractivity contribution >= 4 is 28.3 Å². The second-order valence-electron chi connectivity index (χ2n) is 9.11. The number of ether oxygens (including phenoxy) is 3. The summed E-state index contributed by atoms with van der Waals surface area (Å²) >= 11 is 0. The molecule has 5 aromatic rings. The van der Waals surface area contributed by atoms with Crippen molar-refractivity contribution in [1.82, 2.24) is 19.2 Å². The van der Waals surface area contributed by atoms with Crippen LogP contribution in [0, 0.1) is 6.92 Å². The number of rotatable bonds is 9. The third-order valence-corrected chi connectivity index (χ3v) is 6.56. The van der Waals surface area contributed by atoms with E-state index in [9.17, 15) is 9.59 Å². The number of anilines is 1. The van der Waals surface area contributed by atoms with E-state index in [1.807, 2.05) is 53.8 Å². The molecule has 1 amide bonds. The molecule has 0 radical (unpaired) electrons. The lowest BCUT2D eigenvalue weighted by molar-refractivity contribution is -0.116. The van der Waals surface area contributed by atoms with Crippen LogP contribution in [0.4, 0.5) is 5.69 Å². The highest BCUT2D eigenvalue weighted by atomic mass is 16.5. The maximum absolute atomic E-state index is 13.4. The van der Waals surface area contributed by atoms with E-state index < -0.39 is 0 Å². The highest BCUT2D eigenvalue weighted by Gasteiger charge is 2.18. The largest absolute Gasteiger partial charge is 0.493 e. The number of aromatic nitrogens is 4. The van der Waals surface area contributed by atoms with Crippen LogP contribution in [0.1, 0.15) is 23.4 Å². The Kier molecular flexibility index (Phi) is 7.18. The average molecular weight is 528 g/mol. The molecule has 1 N–H and O–H groups in total. The molecule has 0 saturated carbocycles. The minimum atomic E-state index is -0.224. The summed E-state index contributed by atoms with van der Waals surface area (Å²) in [5.41, 5.74) is 3.19. The first kappa shape index (κ1) is 25.8. The minimum Gasteiger partial charge on any atom is -0.493 e. The third kappa shape index (κ3) is 5.00. The van der Waals surface area contributed by atoms with E-state index >= 15 is 0 Å². The van der Waals surface area contributed by atoms with Gasteiger partial charge in [-0.2, -0.15) is 0 Å². The van der Waals surface area contributed by atoms with Crippen LogP contribution in [-0.4, -0.2) is 46.4 Å². The van der Waals surface area contributed by atoms with Crippen molar-refractivity contribution in [2.24, 2.45) is 0 Å². The number of benzene rings is 3. The summed E-state index contributed by atoms with van der Waals surface area (Å²) in [7, 11) is 4.55. The van der Waals surface area contributed by atoms with E-state index in [0.717, 1.165) is 11.1 Å². The van der Waals surface area contributed by atoms with Crippen LogP contribution < -0.4 is 25.1 Å². The molecule has 0 bridgehead atoms. The van der Waals surface area contributed by atoms with Gasteiger partial charge in [-0.3, -0.25) is 18.6 Å². The number of carbonyl (C=O) groups is 1. The Bertz CT molecular complexity index is 1700. The molecular weight excluding hydrogens is 498 g/mol. The van der Waals surface area contributed by atoms with Crippen molar-refractivity contribution in [3.63, 3.8) is 0 Å². The van der Waals surface area contributed by atoms with Crippen molar-refractivity contribution in [2.75, 3.05) is 26.6 Å². The first-order chi connectivity index (χ1) is 18.9. The van der Waals surface area contributed by atoms with Gasteiger partial charge < -0.3 is 19.5 Å². The molecule has 3 aromatic carbocycles. The van der Waals surface area contributed by atoms with Crippen molar-refractivity contribution in [1.29, 1.82) is 0 Å². The number of aryl methyl sites for hydroxylation is 2. The van der Waals surface area contributed by atoms with Crippen molar-refractivity contribution in [2.45, 2.75) is 26.3 Å². The monoisotopic (exact) mass is 527 g/mol. The average Bonchev–Trinajstić information content (AvgIpc) is 3.38. The van der Waals surface area contributed by atoms with Gasteiger partial charge in [0.1, 0.15) is 5.82 Å². The Morgan fingerprint density at radius 1 is 0.923 bits per heavy atom. The summed E-state index contributed by atoms with van der Waals surface area (Å²) in [6.07, 6.45) is 0.451. The smallest absolute Gasteiger partial charge is 0.263 e. The summed E-state index contributed by atoms with van der Waals surface area (Å²) < 4.78 is 19.6. The summed E-state index contributed by atoms with van der Waals surface area (Å²) in [5.74, 6) is 2.11. The molecular formula is C29H29N5O5. The summed E-state index contributed by atoms with van der Waals surface area (Å²) in [6, 6.07) is 18.7. The summed E-state index contributed by atoms with van der Waals surface area (Å²) in [5, 5.41) is 12.2. The molecule has 5 rings (SSSR count). The van der Waals surface area contributed by atoms with Gasteiger partial charge in [0.25, 0.3) is 5.56 Å². The number of fused-ring (bicyclic) bond motifs is 3. The first-order valence-electron chi connectivity index (χ1n) is 12.4. The SMILES string of the molecule is COc1cc(NC(=O)CCc2nnc3n(Cc4ccc(C)cc4)c(=O)c4ccccc4n23)cc(OC)c1OC.